The van der Waals surface area contributed by atoms with Gasteiger partial charge in [-0.25, -0.2) is 0 Å². The number of rotatable bonds is 7. The van der Waals surface area contributed by atoms with Crippen LogP contribution in [-0.2, 0) is 20.3 Å². The molecule has 0 radical (unpaired) electrons. The van der Waals surface area contributed by atoms with Crippen LogP contribution in [0.1, 0.15) is 38.8 Å². The number of hydrogen-bond donors (Lipinski definition) is 1. The van der Waals surface area contributed by atoms with E-state index < -0.39 is 15.5 Å². The molecule has 0 bridgehead atoms. The van der Waals surface area contributed by atoms with Crippen molar-refractivity contribution in [2.24, 2.45) is 0 Å². The Kier molecular flexibility index (Phi) is 7.54. The Morgan fingerprint density at radius 2 is 1.68 bits per heavy atom. The third-order valence-corrected chi connectivity index (χ3v) is 7.78. The molecule has 3 aromatic rings. The lowest BCUT2D eigenvalue weighted by Crippen LogP contribution is -2.27. The summed E-state index contributed by atoms with van der Waals surface area (Å²) in [6, 6.07) is 16.7. The predicted octanol–water partition coefficient (Wildman–Crippen LogP) is 6.47. The number of amides is 1. The molecule has 0 saturated carbocycles. The van der Waals surface area contributed by atoms with Crippen molar-refractivity contribution in [1.82, 2.24) is 0 Å². The first-order valence-electron chi connectivity index (χ1n) is 12.5. The molecule has 1 heterocycles. The number of hydrogen-bond acceptors (Lipinski definition) is 3. The van der Waals surface area contributed by atoms with Gasteiger partial charge in [0, 0.05) is 36.5 Å². The molecule has 6 nitrogen and oxygen atoms in total. The maximum absolute atomic E-state index is 12.1. The summed E-state index contributed by atoms with van der Waals surface area (Å²) in [5.74, 6) is -0.0735. The van der Waals surface area contributed by atoms with Crippen LogP contribution in [0.4, 0.5) is 11.4 Å². The van der Waals surface area contributed by atoms with Gasteiger partial charge in [0.15, 0.2) is 5.71 Å². The van der Waals surface area contributed by atoms with Crippen molar-refractivity contribution in [3.8, 4) is 0 Å². The van der Waals surface area contributed by atoms with Gasteiger partial charge in [0.25, 0.3) is 10.1 Å². The number of benzene rings is 3. The minimum Gasteiger partial charge on any atom is -0.288 e. The van der Waals surface area contributed by atoms with Gasteiger partial charge in [0.1, 0.15) is 6.54 Å². The van der Waals surface area contributed by atoms with E-state index in [0.717, 1.165) is 45.5 Å². The molecule has 0 aromatic heterocycles. The van der Waals surface area contributed by atoms with Crippen molar-refractivity contribution < 1.29 is 22.3 Å². The molecule has 0 saturated heterocycles. The smallest absolute Gasteiger partial charge is 0.288 e. The van der Waals surface area contributed by atoms with Crippen molar-refractivity contribution in [3.05, 3.63) is 102 Å². The van der Waals surface area contributed by atoms with Gasteiger partial charge < -0.3 is 0 Å². The van der Waals surface area contributed by atoms with E-state index in [2.05, 4.69) is 37.5 Å². The number of fused-ring (bicyclic) bond motifs is 3. The fourth-order valence-electron chi connectivity index (χ4n) is 5.21. The maximum Gasteiger partial charge on any atom is 0.294 e. The van der Waals surface area contributed by atoms with E-state index in [1.54, 1.807) is 17.2 Å². The van der Waals surface area contributed by atoms with Crippen LogP contribution >= 0.6 is 0 Å². The Morgan fingerprint density at radius 3 is 2.32 bits per heavy atom. The standard InChI is InChI=1S/C31H32N2O4S/c1-6-32-28-18-17-26-22(2)20-25(38(35,36)37)21-27(26)30(28)31(4,5)29(32)16-12-7-8-13-19-33(23(3)34)24-14-10-9-11-15-24/h7-21H,6H2,1-5H3/p+1. The fourth-order valence-corrected chi connectivity index (χ4v) is 5.81. The number of allylic oxidation sites excluding steroid dienone is 5. The minimum atomic E-state index is -4.33. The monoisotopic (exact) mass is 529 g/mol. The van der Waals surface area contributed by atoms with E-state index in [0.29, 0.717) is 0 Å². The summed E-state index contributed by atoms with van der Waals surface area (Å²) in [7, 11) is -4.33. The number of carbonyl (C=O) groups excluding carboxylic acids is 1. The Balaban J connectivity index is 1.67. The molecule has 7 heteroatoms. The summed E-state index contributed by atoms with van der Waals surface area (Å²) in [4.78, 5) is 13.6. The Hall–Kier alpha value is -3.81. The predicted molar refractivity (Wildman–Crippen MR) is 154 cm³/mol. The van der Waals surface area contributed by atoms with Crippen LogP contribution in [-0.4, -0.2) is 35.7 Å². The van der Waals surface area contributed by atoms with Crippen LogP contribution in [0, 0.1) is 6.92 Å². The molecule has 3 aromatic carbocycles. The lowest BCUT2D eigenvalue weighted by atomic mass is 9.78. The SMILES string of the molecule is CC[N+]1=C(/C=C/C=C/C=C/N(C(C)=O)c2ccccc2)C(C)(C)c2c1ccc1c(C)cc(S(=O)(=O)O)cc21. The molecule has 1 amide bonds. The summed E-state index contributed by atoms with van der Waals surface area (Å²) in [6.07, 6.45) is 11.4. The van der Waals surface area contributed by atoms with E-state index in [1.165, 1.54) is 13.0 Å². The number of aryl methyl sites for hydroxylation is 1. The van der Waals surface area contributed by atoms with Crippen molar-refractivity contribution in [2.45, 2.75) is 44.9 Å². The first-order chi connectivity index (χ1) is 18.0. The summed E-state index contributed by atoms with van der Waals surface area (Å²) in [5, 5.41) is 1.79. The van der Waals surface area contributed by atoms with E-state index in [9.17, 15) is 17.8 Å². The molecule has 1 aliphatic heterocycles. The third-order valence-electron chi connectivity index (χ3n) is 6.95. The quantitative estimate of drug-likeness (QED) is 0.216. The summed E-state index contributed by atoms with van der Waals surface area (Å²) in [6.45, 7) is 10.5. The van der Waals surface area contributed by atoms with Crippen molar-refractivity contribution in [3.63, 3.8) is 0 Å². The summed E-state index contributed by atoms with van der Waals surface area (Å²) in [5.41, 5.74) is 4.34. The number of para-hydroxylation sites is 1. The number of nitrogens with zero attached hydrogens (tertiary/aromatic N) is 2. The van der Waals surface area contributed by atoms with Gasteiger partial charge in [-0.1, -0.05) is 36.4 Å². The molecule has 1 aliphatic rings. The normalized spacial score (nSPS) is 15.3. The lowest BCUT2D eigenvalue weighted by Gasteiger charge is -2.18. The molecule has 0 fully saturated rings. The van der Waals surface area contributed by atoms with Crippen molar-refractivity contribution >= 4 is 43.9 Å². The average Bonchev–Trinajstić information content (AvgIpc) is 3.09. The fraction of sp³-hybridized carbons (Fsp3) is 0.226. The lowest BCUT2D eigenvalue weighted by molar-refractivity contribution is -0.433. The average molecular weight is 530 g/mol. The first-order valence-corrected chi connectivity index (χ1v) is 14.0. The zero-order valence-corrected chi connectivity index (χ0v) is 23.2. The largest absolute Gasteiger partial charge is 0.294 e. The van der Waals surface area contributed by atoms with Gasteiger partial charge in [0.05, 0.1) is 10.3 Å². The molecule has 0 aliphatic carbocycles. The molecule has 0 atom stereocenters. The van der Waals surface area contributed by atoms with E-state index in [4.69, 9.17) is 0 Å². The molecule has 0 unspecified atom stereocenters. The molecular weight excluding hydrogens is 496 g/mol. The molecular formula is C31H33N2O4S+. The highest BCUT2D eigenvalue weighted by Crippen LogP contribution is 2.45. The second-order valence-corrected chi connectivity index (χ2v) is 11.3. The number of carbonyl (C=O) groups is 1. The van der Waals surface area contributed by atoms with E-state index in [1.807, 2.05) is 67.6 Å². The molecule has 1 N–H and O–H groups in total. The molecule has 38 heavy (non-hydrogen) atoms. The highest BCUT2D eigenvalue weighted by atomic mass is 32.2. The van der Waals surface area contributed by atoms with Crippen LogP contribution in [0.2, 0.25) is 0 Å². The van der Waals surface area contributed by atoms with Gasteiger partial charge in [0.2, 0.25) is 11.6 Å². The van der Waals surface area contributed by atoms with Gasteiger partial charge in [-0.15, -0.1) is 0 Å². The Labute approximate surface area is 224 Å². The minimum absolute atomic E-state index is 0.0735. The zero-order chi connectivity index (χ0) is 27.7. The summed E-state index contributed by atoms with van der Waals surface area (Å²) < 4.78 is 35.9. The third kappa shape index (κ3) is 5.12. The van der Waals surface area contributed by atoms with Gasteiger partial charge in [-0.2, -0.15) is 13.0 Å². The van der Waals surface area contributed by atoms with Crippen molar-refractivity contribution in [2.75, 3.05) is 11.4 Å². The zero-order valence-electron chi connectivity index (χ0n) is 22.3. The molecule has 4 rings (SSSR count). The topological polar surface area (TPSA) is 77.7 Å². The van der Waals surface area contributed by atoms with E-state index in [-0.39, 0.29) is 10.8 Å². The van der Waals surface area contributed by atoms with Gasteiger partial charge in [-0.3, -0.25) is 14.2 Å². The Morgan fingerprint density at radius 1 is 1.00 bits per heavy atom. The van der Waals surface area contributed by atoms with Crippen molar-refractivity contribution in [1.29, 1.82) is 0 Å². The van der Waals surface area contributed by atoms with Crippen LogP contribution < -0.4 is 4.90 Å². The summed E-state index contributed by atoms with van der Waals surface area (Å²) >= 11 is 0. The second kappa shape index (κ2) is 10.5. The highest BCUT2D eigenvalue weighted by Gasteiger charge is 2.45. The van der Waals surface area contributed by atoms with Crippen LogP contribution in [0.25, 0.3) is 10.8 Å². The van der Waals surface area contributed by atoms with Gasteiger partial charge in [-0.05, 0) is 80.4 Å². The van der Waals surface area contributed by atoms with Gasteiger partial charge >= 0.3 is 0 Å². The highest BCUT2D eigenvalue weighted by molar-refractivity contribution is 7.85. The molecule has 196 valence electrons. The maximum atomic E-state index is 12.1. The van der Waals surface area contributed by atoms with Crippen LogP contribution in [0.3, 0.4) is 0 Å². The number of anilines is 1. The van der Waals surface area contributed by atoms with Crippen LogP contribution in [0.15, 0.2) is 96.1 Å². The molecule has 0 spiro atoms. The second-order valence-electron chi connectivity index (χ2n) is 9.83. The Bertz CT molecular complexity index is 1630. The first kappa shape index (κ1) is 27.2. The van der Waals surface area contributed by atoms with Crippen LogP contribution in [0.5, 0.6) is 0 Å². The van der Waals surface area contributed by atoms with E-state index >= 15 is 0 Å².